The van der Waals surface area contributed by atoms with Crippen molar-refractivity contribution in [2.75, 3.05) is 19.6 Å². The number of hydrogen-bond donors (Lipinski definition) is 1. The second-order valence-electron chi connectivity index (χ2n) is 5.26. The number of fused-ring (bicyclic) bond motifs is 3. The number of aryl methyl sites for hydroxylation is 1. The molecule has 3 aliphatic rings. The summed E-state index contributed by atoms with van der Waals surface area (Å²) >= 11 is 0. The zero-order chi connectivity index (χ0) is 11.7. The van der Waals surface area contributed by atoms with Gasteiger partial charge in [-0.1, -0.05) is 0 Å². The Hall–Kier alpha value is -0.870. The molecule has 1 atom stereocenters. The molecular weight excluding hydrogens is 212 g/mol. The summed E-state index contributed by atoms with van der Waals surface area (Å²) in [6.45, 7) is 7.94. The standard InChI is InChI=1S/C13H22N4/c1-2-17-12(3-6-15-17)9-14-13-10-16-7-4-11(13)5-8-16/h3,6,11,13-14H,2,4-5,7-10H2,1H3. The van der Waals surface area contributed by atoms with Gasteiger partial charge < -0.3 is 10.2 Å². The van der Waals surface area contributed by atoms with Gasteiger partial charge in [0.15, 0.2) is 0 Å². The first kappa shape index (κ1) is 11.2. The number of hydrogen-bond acceptors (Lipinski definition) is 3. The van der Waals surface area contributed by atoms with Gasteiger partial charge in [0.25, 0.3) is 0 Å². The maximum Gasteiger partial charge on any atom is 0.0522 e. The highest BCUT2D eigenvalue weighted by Crippen LogP contribution is 2.27. The van der Waals surface area contributed by atoms with Gasteiger partial charge in [0.05, 0.1) is 5.69 Å². The van der Waals surface area contributed by atoms with Crippen LogP contribution in [0.4, 0.5) is 0 Å². The van der Waals surface area contributed by atoms with Crippen LogP contribution in [0.5, 0.6) is 0 Å². The molecule has 4 nitrogen and oxygen atoms in total. The molecule has 3 fully saturated rings. The van der Waals surface area contributed by atoms with Gasteiger partial charge in [-0.05, 0) is 44.8 Å². The van der Waals surface area contributed by atoms with Crippen LogP contribution < -0.4 is 5.32 Å². The normalized spacial score (nSPS) is 31.9. The fourth-order valence-electron chi connectivity index (χ4n) is 3.23. The lowest BCUT2D eigenvalue weighted by Crippen LogP contribution is -2.55. The minimum atomic E-state index is 0.692. The SMILES string of the molecule is CCn1nccc1CNC1CN2CCC1CC2. The Morgan fingerprint density at radius 3 is 2.88 bits per heavy atom. The maximum absolute atomic E-state index is 4.31. The van der Waals surface area contributed by atoms with Crippen molar-refractivity contribution in [1.29, 1.82) is 0 Å². The van der Waals surface area contributed by atoms with E-state index >= 15 is 0 Å². The molecule has 0 amide bonds. The lowest BCUT2D eigenvalue weighted by atomic mass is 9.84. The summed E-state index contributed by atoms with van der Waals surface area (Å²) in [6.07, 6.45) is 4.66. The molecule has 4 rings (SSSR count). The molecule has 4 heterocycles. The molecule has 0 spiro atoms. The minimum absolute atomic E-state index is 0.692. The number of nitrogens with zero attached hydrogens (tertiary/aromatic N) is 3. The van der Waals surface area contributed by atoms with Crippen LogP contribution in [0.2, 0.25) is 0 Å². The first-order valence-corrected chi connectivity index (χ1v) is 6.83. The van der Waals surface area contributed by atoms with Gasteiger partial charge in [0.2, 0.25) is 0 Å². The molecule has 1 aromatic rings. The van der Waals surface area contributed by atoms with Crippen LogP contribution in [0.15, 0.2) is 12.3 Å². The maximum atomic E-state index is 4.31. The predicted octanol–water partition coefficient (Wildman–Crippen LogP) is 1.09. The summed E-state index contributed by atoms with van der Waals surface area (Å²) in [5.74, 6) is 0.901. The molecule has 0 saturated carbocycles. The Labute approximate surface area is 103 Å². The third-order valence-electron chi connectivity index (χ3n) is 4.31. The van der Waals surface area contributed by atoms with Gasteiger partial charge in [-0.25, -0.2) is 0 Å². The minimum Gasteiger partial charge on any atom is -0.307 e. The van der Waals surface area contributed by atoms with Crippen molar-refractivity contribution in [2.24, 2.45) is 5.92 Å². The van der Waals surface area contributed by atoms with Crippen LogP contribution in [0.1, 0.15) is 25.5 Å². The predicted molar refractivity (Wildman–Crippen MR) is 67.7 cm³/mol. The third-order valence-corrected chi connectivity index (χ3v) is 4.31. The average Bonchev–Trinajstić information content (AvgIpc) is 2.85. The summed E-state index contributed by atoms with van der Waals surface area (Å²) in [5, 5.41) is 8.04. The summed E-state index contributed by atoms with van der Waals surface area (Å²) in [4.78, 5) is 2.59. The number of aromatic nitrogens is 2. The van der Waals surface area contributed by atoms with E-state index in [2.05, 4.69) is 33.0 Å². The van der Waals surface area contributed by atoms with E-state index in [9.17, 15) is 0 Å². The second kappa shape index (κ2) is 4.78. The molecule has 1 aromatic heterocycles. The molecule has 1 N–H and O–H groups in total. The largest absolute Gasteiger partial charge is 0.307 e. The van der Waals surface area contributed by atoms with Gasteiger partial charge in [0, 0.05) is 31.9 Å². The summed E-state index contributed by atoms with van der Waals surface area (Å²) in [5.41, 5.74) is 1.31. The smallest absolute Gasteiger partial charge is 0.0522 e. The Morgan fingerprint density at radius 2 is 2.24 bits per heavy atom. The van der Waals surface area contributed by atoms with E-state index in [1.54, 1.807) is 0 Å². The molecule has 0 radical (unpaired) electrons. The van der Waals surface area contributed by atoms with Gasteiger partial charge in [-0.15, -0.1) is 0 Å². The van der Waals surface area contributed by atoms with Crippen molar-refractivity contribution in [1.82, 2.24) is 20.0 Å². The summed E-state index contributed by atoms with van der Waals surface area (Å²) < 4.78 is 2.08. The number of nitrogens with one attached hydrogen (secondary N) is 1. The number of piperidine rings is 3. The molecule has 94 valence electrons. The molecule has 1 unspecified atom stereocenters. The molecule has 0 aromatic carbocycles. The first-order valence-electron chi connectivity index (χ1n) is 6.83. The van der Waals surface area contributed by atoms with Gasteiger partial charge in [-0.3, -0.25) is 4.68 Å². The van der Waals surface area contributed by atoms with Gasteiger partial charge in [0.1, 0.15) is 0 Å². The topological polar surface area (TPSA) is 33.1 Å². The van der Waals surface area contributed by atoms with Crippen molar-refractivity contribution in [2.45, 2.75) is 38.9 Å². The molecule has 4 heteroatoms. The van der Waals surface area contributed by atoms with Crippen LogP contribution in [0.25, 0.3) is 0 Å². The molecular formula is C13H22N4. The van der Waals surface area contributed by atoms with Crippen LogP contribution in [0, 0.1) is 5.92 Å². The highest BCUT2D eigenvalue weighted by molar-refractivity contribution is 5.01. The van der Waals surface area contributed by atoms with Crippen LogP contribution in [-0.2, 0) is 13.1 Å². The molecule has 3 aliphatic heterocycles. The Bertz CT molecular complexity index is 365. The highest BCUT2D eigenvalue weighted by Gasteiger charge is 2.33. The second-order valence-corrected chi connectivity index (χ2v) is 5.26. The lowest BCUT2D eigenvalue weighted by Gasteiger charge is -2.45. The first-order chi connectivity index (χ1) is 8.36. The number of rotatable bonds is 4. The fraction of sp³-hybridized carbons (Fsp3) is 0.769. The van der Waals surface area contributed by atoms with E-state index in [4.69, 9.17) is 0 Å². The van der Waals surface area contributed by atoms with Crippen LogP contribution in [0.3, 0.4) is 0 Å². The fourth-order valence-corrected chi connectivity index (χ4v) is 3.23. The van der Waals surface area contributed by atoms with Crippen molar-refractivity contribution in [3.05, 3.63) is 18.0 Å². The van der Waals surface area contributed by atoms with Crippen molar-refractivity contribution >= 4 is 0 Å². The average molecular weight is 234 g/mol. The van der Waals surface area contributed by atoms with Crippen molar-refractivity contribution in [3.8, 4) is 0 Å². The zero-order valence-corrected chi connectivity index (χ0v) is 10.6. The van der Waals surface area contributed by atoms with E-state index in [0.717, 1.165) is 19.0 Å². The zero-order valence-electron chi connectivity index (χ0n) is 10.6. The Morgan fingerprint density at radius 1 is 1.41 bits per heavy atom. The molecule has 0 aliphatic carbocycles. The monoisotopic (exact) mass is 234 g/mol. The third kappa shape index (κ3) is 2.24. The van der Waals surface area contributed by atoms with E-state index in [-0.39, 0.29) is 0 Å². The quantitative estimate of drug-likeness (QED) is 0.846. The van der Waals surface area contributed by atoms with Crippen molar-refractivity contribution in [3.63, 3.8) is 0 Å². The van der Waals surface area contributed by atoms with E-state index in [1.807, 2.05) is 6.20 Å². The Kier molecular flexibility index (Phi) is 3.16. The van der Waals surface area contributed by atoms with Gasteiger partial charge >= 0.3 is 0 Å². The Balaban J connectivity index is 1.57. The molecule has 3 saturated heterocycles. The van der Waals surface area contributed by atoms with E-state index in [1.165, 1.54) is 38.2 Å². The molecule has 17 heavy (non-hydrogen) atoms. The highest BCUT2D eigenvalue weighted by atomic mass is 15.3. The van der Waals surface area contributed by atoms with Crippen molar-refractivity contribution < 1.29 is 0 Å². The van der Waals surface area contributed by atoms with Crippen LogP contribution in [-0.4, -0.2) is 40.4 Å². The summed E-state index contributed by atoms with van der Waals surface area (Å²) in [6, 6.07) is 2.82. The van der Waals surface area contributed by atoms with E-state index < -0.39 is 0 Å². The van der Waals surface area contributed by atoms with Crippen LogP contribution >= 0.6 is 0 Å². The van der Waals surface area contributed by atoms with Gasteiger partial charge in [-0.2, -0.15) is 5.10 Å². The lowest BCUT2D eigenvalue weighted by molar-refractivity contribution is 0.0716. The molecule has 2 bridgehead atoms. The van der Waals surface area contributed by atoms with E-state index in [0.29, 0.717) is 6.04 Å². The summed E-state index contributed by atoms with van der Waals surface area (Å²) in [7, 11) is 0.